The third-order valence-corrected chi connectivity index (χ3v) is 6.84. The largest absolute Gasteiger partial charge is 0.493 e. The van der Waals surface area contributed by atoms with Crippen LogP contribution in [-0.2, 0) is 23.5 Å². The summed E-state index contributed by atoms with van der Waals surface area (Å²) in [6.45, 7) is 4.56. The van der Waals surface area contributed by atoms with E-state index < -0.39 is 65.1 Å². The lowest BCUT2D eigenvalue weighted by Crippen LogP contribution is -2.47. The molecule has 0 bridgehead atoms. The zero-order valence-electron chi connectivity index (χ0n) is 25.7. The predicted octanol–water partition coefficient (Wildman–Crippen LogP) is 6.45. The van der Waals surface area contributed by atoms with E-state index in [9.17, 15) is 46.1 Å². The van der Waals surface area contributed by atoms with Gasteiger partial charge in [0, 0.05) is 12.1 Å². The average molecular weight is 688 g/mol. The lowest BCUT2D eigenvalue weighted by Gasteiger charge is -2.27. The Kier molecular flexibility index (Phi) is 10.6. The molecule has 2 heterocycles. The molecule has 2 amide bonds. The van der Waals surface area contributed by atoms with Gasteiger partial charge in [0.2, 0.25) is 11.8 Å². The van der Waals surface area contributed by atoms with Gasteiger partial charge in [0.1, 0.15) is 17.4 Å². The number of likely N-dealkylation sites (tertiary alicyclic amines) is 1. The molecule has 18 heteroatoms. The summed E-state index contributed by atoms with van der Waals surface area (Å²) in [4.78, 5) is 32.5. The summed E-state index contributed by atoms with van der Waals surface area (Å²) in [7, 11) is 0. The fraction of sp³-hybridized carbons (Fsp3) is 0.433. The second-order valence-corrected chi connectivity index (χ2v) is 11.7. The zero-order chi connectivity index (χ0) is 35.4. The summed E-state index contributed by atoms with van der Waals surface area (Å²) >= 11 is 0. The molecule has 260 valence electrons. The number of rotatable bonds is 7. The van der Waals surface area contributed by atoms with Crippen LogP contribution in [0, 0.1) is 0 Å². The molecule has 2 atom stereocenters. The van der Waals surface area contributed by atoms with E-state index in [0.29, 0.717) is 5.56 Å². The van der Waals surface area contributed by atoms with Gasteiger partial charge < -0.3 is 29.1 Å². The smallest absolute Gasteiger partial charge is 0.434 e. The van der Waals surface area contributed by atoms with Crippen LogP contribution in [0.1, 0.15) is 62.2 Å². The maximum atomic E-state index is 14.0. The minimum atomic E-state index is -4.86. The van der Waals surface area contributed by atoms with E-state index in [-0.39, 0.29) is 49.7 Å². The molecular weight excluding hydrogens is 656 g/mol. The molecule has 0 unspecified atom stereocenters. The van der Waals surface area contributed by atoms with Crippen molar-refractivity contribution in [1.29, 1.82) is 0 Å². The van der Waals surface area contributed by atoms with Gasteiger partial charge in [0.05, 0.1) is 23.8 Å². The minimum Gasteiger partial charge on any atom is -0.493 e. The molecule has 1 fully saturated rings. The number of carboxylic acid groups (broad SMARTS) is 1. The Balaban J connectivity index is 1.50. The van der Waals surface area contributed by atoms with Gasteiger partial charge in [-0.15, -0.1) is 4.99 Å². The highest BCUT2D eigenvalue weighted by atomic mass is 19.4. The summed E-state index contributed by atoms with van der Waals surface area (Å²) in [6, 6.07) is 6.25. The van der Waals surface area contributed by atoms with E-state index in [4.69, 9.17) is 14.0 Å². The number of ether oxygens (including phenoxy) is 2. The molecule has 0 radical (unpaired) electrons. The summed E-state index contributed by atoms with van der Waals surface area (Å²) in [6.07, 6.45) is -12.7. The third-order valence-electron chi connectivity index (χ3n) is 6.84. The molecule has 0 aliphatic carbocycles. The van der Waals surface area contributed by atoms with Crippen LogP contribution in [0.3, 0.4) is 0 Å². The summed E-state index contributed by atoms with van der Waals surface area (Å²) in [5.74, 6) is -1.59. The first-order valence-corrected chi connectivity index (χ1v) is 14.4. The number of amides is 2. The van der Waals surface area contributed by atoms with Crippen molar-refractivity contribution in [3.63, 3.8) is 0 Å². The standard InChI is InChI=1S/C30H31F6N5O7/c1-28(2,3)47-27(45)39-25(38-26(43)44)41-13-12-20(42)22(41)24-37-23(40-48-24)17-8-11-21(19(15-17)30(34,35)36)46-14-4-5-16-6-9-18(10-7-16)29(31,32)33/h6-11,15,20,22,42H,4-5,12-14H2,1-3H3,(H,43,44)(H,38,39,45)/t20-,22-/m0/s1. The molecule has 0 saturated carbocycles. The Morgan fingerprint density at radius 3 is 2.35 bits per heavy atom. The first-order chi connectivity index (χ1) is 22.3. The van der Waals surface area contributed by atoms with E-state index in [2.05, 4.69) is 20.4 Å². The maximum absolute atomic E-state index is 14.0. The number of aliphatic hydroxyl groups excluding tert-OH is 1. The lowest BCUT2D eigenvalue weighted by molar-refractivity contribution is -0.139. The topological polar surface area (TPSA) is 160 Å². The molecule has 48 heavy (non-hydrogen) atoms. The molecule has 0 spiro atoms. The van der Waals surface area contributed by atoms with Gasteiger partial charge in [0.15, 0.2) is 0 Å². The van der Waals surface area contributed by atoms with Gasteiger partial charge in [-0.2, -0.15) is 31.3 Å². The quantitative estimate of drug-likeness (QED) is 0.109. The molecule has 1 aliphatic rings. The highest BCUT2D eigenvalue weighted by Gasteiger charge is 2.42. The monoisotopic (exact) mass is 687 g/mol. The second kappa shape index (κ2) is 14.1. The molecular formula is C30H31F6N5O7. The van der Waals surface area contributed by atoms with Crippen molar-refractivity contribution in [3.8, 4) is 17.1 Å². The van der Waals surface area contributed by atoms with Gasteiger partial charge >= 0.3 is 24.5 Å². The van der Waals surface area contributed by atoms with E-state index in [0.717, 1.165) is 24.3 Å². The Labute approximate surface area is 269 Å². The molecule has 1 aromatic heterocycles. The number of hydrogen-bond donors (Lipinski definition) is 3. The number of alkyl carbamates (subject to hydrolysis) is 1. The van der Waals surface area contributed by atoms with Crippen LogP contribution in [0.15, 0.2) is 52.0 Å². The van der Waals surface area contributed by atoms with Crippen LogP contribution in [0.25, 0.3) is 11.4 Å². The van der Waals surface area contributed by atoms with E-state index in [1.807, 2.05) is 0 Å². The van der Waals surface area contributed by atoms with Crippen molar-refractivity contribution < 1.29 is 60.1 Å². The maximum Gasteiger partial charge on any atom is 0.434 e. The molecule has 12 nitrogen and oxygen atoms in total. The number of aliphatic hydroxyl groups is 1. The highest BCUT2D eigenvalue weighted by Crippen LogP contribution is 2.39. The van der Waals surface area contributed by atoms with Crippen molar-refractivity contribution in [3.05, 3.63) is 65.0 Å². The summed E-state index contributed by atoms with van der Waals surface area (Å²) in [5, 5.41) is 25.9. The molecule has 3 aromatic rings. The number of alkyl halides is 6. The number of carbonyl (C=O) groups is 2. The van der Waals surface area contributed by atoms with E-state index >= 15 is 0 Å². The Morgan fingerprint density at radius 2 is 1.75 bits per heavy atom. The van der Waals surface area contributed by atoms with Gasteiger partial charge in [-0.1, -0.05) is 17.3 Å². The number of hydrogen-bond acceptors (Lipinski definition) is 8. The Bertz CT molecular complexity index is 1630. The van der Waals surface area contributed by atoms with Crippen LogP contribution in [0.2, 0.25) is 0 Å². The molecule has 1 aliphatic heterocycles. The van der Waals surface area contributed by atoms with Crippen LogP contribution < -0.4 is 10.1 Å². The van der Waals surface area contributed by atoms with E-state index in [1.165, 1.54) is 23.1 Å². The zero-order valence-corrected chi connectivity index (χ0v) is 25.7. The number of guanidine groups is 1. The fourth-order valence-electron chi connectivity index (χ4n) is 4.77. The first-order valence-electron chi connectivity index (χ1n) is 14.4. The minimum absolute atomic E-state index is 0.0193. The van der Waals surface area contributed by atoms with Crippen molar-refractivity contribution in [1.82, 2.24) is 20.4 Å². The summed E-state index contributed by atoms with van der Waals surface area (Å²) < 4.78 is 96.1. The summed E-state index contributed by atoms with van der Waals surface area (Å²) in [5.41, 5.74) is -2.47. The van der Waals surface area contributed by atoms with Gasteiger partial charge in [-0.25, -0.2) is 9.59 Å². The molecule has 4 rings (SSSR count). The highest BCUT2D eigenvalue weighted by molar-refractivity contribution is 5.98. The first kappa shape index (κ1) is 36.0. The van der Waals surface area contributed by atoms with Crippen molar-refractivity contribution in [2.24, 2.45) is 4.99 Å². The normalized spacial score (nSPS) is 17.4. The molecule has 2 aromatic carbocycles. The number of aryl methyl sites for hydroxylation is 1. The van der Waals surface area contributed by atoms with Crippen LogP contribution >= 0.6 is 0 Å². The lowest BCUT2D eigenvalue weighted by atomic mass is 10.1. The van der Waals surface area contributed by atoms with Crippen molar-refractivity contribution >= 4 is 18.1 Å². The van der Waals surface area contributed by atoms with Crippen molar-refractivity contribution in [2.45, 2.75) is 70.1 Å². The fourth-order valence-corrected chi connectivity index (χ4v) is 4.77. The number of nitrogens with one attached hydrogen (secondary N) is 1. The second-order valence-electron chi connectivity index (χ2n) is 11.7. The Hall–Kier alpha value is -4.87. The van der Waals surface area contributed by atoms with Crippen molar-refractivity contribution in [2.75, 3.05) is 13.2 Å². The molecule has 3 N–H and O–H groups in total. The third kappa shape index (κ3) is 9.36. The van der Waals surface area contributed by atoms with Gasteiger partial charge in [-0.3, -0.25) is 5.32 Å². The number of halogens is 6. The number of aromatic nitrogens is 2. The SMILES string of the molecule is CC(C)(C)OC(=O)N/C(=N\C(=O)O)N1CC[C@H](O)[C@H]1c1nc(-c2ccc(OCCCc3ccc(C(F)(F)F)cc3)c(C(F)(F)F)c2)no1. The average Bonchev–Trinajstić information content (AvgIpc) is 3.59. The van der Waals surface area contributed by atoms with Gasteiger partial charge in [-0.05, 0) is 75.9 Å². The van der Waals surface area contributed by atoms with Crippen LogP contribution in [0.5, 0.6) is 5.75 Å². The van der Waals surface area contributed by atoms with Crippen LogP contribution in [-0.4, -0.2) is 68.3 Å². The number of carbonyl (C=O) groups excluding carboxylic acids is 1. The number of nitrogens with zero attached hydrogens (tertiary/aromatic N) is 4. The predicted molar refractivity (Wildman–Crippen MR) is 155 cm³/mol. The van der Waals surface area contributed by atoms with Crippen LogP contribution in [0.4, 0.5) is 35.9 Å². The van der Waals surface area contributed by atoms with Gasteiger partial charge in [0.25, 0.3) is 5.89 Å². The number of aliphatic imine (C=N–C) groups is 1. The number of benzene rings is 2. The Morgan fingerprint density at radius 1 is 1.06 bits per heavy atom. The van der Waals surface area contributed by atoms with E-state index in [1.54, 1.807) is 20.8 Å². The molecule has 1 saturated heterocycles.